The van der Waals surface area contributed by atoms with Crippen LogP contribution < -0.4 is 15.5 Å². The molecule has 0 aliphatic carbocycles. The summed E-state index contributed by atoms with van der Waals surface area (Å²) in [7, 11) is 0. The van der Waals surface area contributed by atoms with Crippen LogP contribution in [0.25, 0.3) is 0 Å². The van der Waals surface area contributed by atoms with Crippen molar-refractivity contribution < 1.29 is 14.3 Å². The van der Waals surface area contributed by atoms with Gasteiger partial charge in [0.15, 0.2) is 6.61 Å². The monoisotopic (exact) mass is 489 g/mol. The van der Waals surface area contributed by atoms with Gasteiger partial charge in [-0.2, -0.15) is 0 Å². The number of hydrogen-bond donors (Lipinski definition) is 2. The maximum Gasteiger partial charge on any atom is 0.276 e. The highest BCUT2D eigenvalue weighted by Crippen LogP contribution is 2.33. The van der Waals surface area contributed by atoms with Crippen molar-refractivity contribution in [3.05, 3.63) is 92.4 Å². The van der Waals surface area contributed by atoms with Crippen LogP contribution in [0, 0.1) is 6.92 Å². The first-order chi connectivity index (χ1) is 15.3. The Morgan fingerprint density at radius 2 is 1.72 bits per heavy atom. The highest BCUT2D eigenvalue weighted by atomic mass is 35.5. The van der Waals surface area contributed by atoms with E-state index in [0.29, 0.717) is 27.0 Å². The van der Waals surface area contributed by atoms with Crippen molar-refractivity contribution in [1.29, 1.82) is 0 Å². The topological polar surface area (TPSA) is 70.7 Å². The van der Waals surface area contributed by atoms with Crippen LogP contribution in [0.15, 0.2) is 60.7 Å². The van der Waals surface area contributed by atoms with Gasteiger partial charge < -0.3 is 10.1 Å². The number of hydrogen-bond acceptors (Lipinski definition) is 4. The van der Waals surface area contributed by atoms with E-state index >= 15 is 0 Å². The second-order valence-corrected chi connectivity index (χ2v) is 8.50. The quantitative estimate of drug-likeness (QED) is 0.486. The predicted octanol–water partition coefficient (Wildman–Crippen LogP) is 5.63. The molecule has 9 heteroatoms. The fraction of sp³-hybridized carbons (Fsp3) is 0.130. The number of fused-ring (bicyclic) bond motifs is 1. The molecule has 0 spiro atoms. The summed E-state index contributed by atoms with van der Waals surface area (Å²) in [5, 5.41) is 5.67. The van der Waals surface area contributed by atoms with Gasteiger partial charge in [-0.25, -0.2) is 5.01 Å². The van der Waals surface area contributed by atoms with E-state index in [9.17, 15) is 9.59 Å². The molecule has 1 atom stereocenters. The number of carbonyl (C=O) groups is 2. The average Bonchev–Trinajstić information content (AvgIpc) is 2.76. The Kier molecular flexibility index (Phi) is 6.46. The zero-order valence-electron chi connectivity index (χ0n) is 16.9. The van der Waals surface area contributed by atoms with Gasteiger partial charge in [-0.1, -0.05) is 64.6 Å². The molecule has 0 bridgehead atoms. The van der Waals surface area contributed by atoms with Crippen LogP contribution in [0.3, 0.4) is 0 Å². The Labute approximate surface area is 200 Å². The number of hydrazine groups is 1. The highest BCUT2D eigenvalue weighted by molar-refractivity contribution is 6.35. The number of nitrogens with zero attached hydrogens (tertiary/aromatic N) is 1. The SMILES string of the molecule is Cc1ccc(C2Nc3ccc(Cl)cc3C(=O)N2NC(=O)COc2ccc(Cl)cc2Cl)cc1. The third-order valence-corrected chi connectivity index (χ3v) is 5.64. The summed E-state index contributed by atoms with van der Waals surface area (Å²) in [6, 6.07) is 17.3. The highest BCUT2D eigenvalue weighted by Gasteiger charge is 2.34. The first-order valence-corrected chi connectivity index (χ1v) is 10.8. The molecule has 0 radical (unpaired) electrons. The van der Waals surface area contributed by atoms with E-state index in [-0.39, 0.29) is 11.6 Å². The molecule has 1 unspecified atom stereocenters. The van der Waals surface area contributed by atoms with Gasteiger partial charge in [0.05, 0.1) is 10.6 Å². The van der Waals surface area contributed by atoms with E-state index in [1.165, 1.54) is 11.1 Å². The van der Waals surface area contributed by atoms with Gasteiger partial charge in [0.25, 0.3) is 11.8 Å². The van der Waals surface area contributed by atoms with Gasteiger partial charge in [0.1, 0.15) is 11.9 Å². The number of ether oxygens (including phenoxy) is 1. The number of aryl methyl sites for hydroxylation is 1. The van der Waals surface area contributed by atoms with E-state index in [1.807, 2.05) is 31.2 Å². The maximum atomic E-state index is 13.3. The summed E-state index contributed by atoms with van der Waals surface area (Å²) in [5.41, 5.74) is 5.49. The van der Waals surface area contributed by atoms with Gasteiger partial charge in [-0.05, 0) is 48.9 Å². The van der Waals surface area contributed by atoms with Crippen molar-refractivity contribution in [3.63, 3.8) is 0 Å². The molecule has 1 aliphatic rings. The van der Waals surface area contributed by atoms with Crippen molar-refractivity contribution in [1.82, 2.24) is 10.4 Å². The number of amides is 2. The van der Waals surface area contributed by atoms with Crippen LogP contribution >= 0.6 is 34.8 Å². The molecule has 0 saturated heterocycles. The number of anilines is 1. The van der Waals surface area contributed by atoms with E-state index in [2.05, 4.69) is 10.7 Å². The van der Waals surface area contributed by atoms with E-state index in [4.69, 9.17) is 39.5 Å². The largest absolute Gasteiger partial charge is 0.482 e. The lowest BCUT2D eigenvalue weighted by atomic mass is 10.0. The normalized spacial score (nSPS) is 15.1. The molecule has 2 amide bonds. The van der Waals surface area contributed by atoms with Gasteiger partial charge in [-0.15, -0.1) is 0 Å². The van der Waals surface area contributed by atoms with E-state index < -0.39 is 18.0 Å². The second kappa shape index (κ2) is 9.28. The molecule has 2 N–H and O–H groups in total. The Hall–Kier alpha value is -2.93. The minimum atomic E-state index is -0.625. The number of nitrogens with one attached hydrogen (secondary N) is 2. The van der Waals surface area contributed by atoms with Crippen LogP contribution in [0.4, 0.5) is 5.69 Å². The summed E-state index contributed by atoms with van der Waals surface area (Å²) in [6.45, 7) is 1.62. The third-order valence-electron chi connectivity index (χ3n) is 4.87. The summed E-state index contributed by atoms with van der Waals surface area (Å²) in [5.74, 6) is -0.625. The molecule has 32 heavy (non-hydrogen) atoms. The van der Waals surface area contributed by atoms with Crippen molar-refractivity contribution >= 4 is 52.3 Å². The molecule has 6 nitrogen and oxygen atoms in total. The van der Waals surface area contributed by atoms with Gasteiger partial charge >= 0.3 is 0 Å². The first kappa shape index (κ1) is 22.3. The molecule has 1 heterocycles. The maximum absolute atomic E-state index is 13.3. The minimum absolute atomic E-state index is 0.280. The third kappa shape index (κ3) is 4.78. The molecule has 0 aromatic heterocycles. The Bertz CT molecular complexity index is 1180. The predicted molar refractivity (Wildman–Crippen MR) is 125 cm³/mol. The Morgan fingerprint density at radius 1 is 1.03 bits per heavy atom. The lowest BCUT2D eigenvalue weighted by molar-refractivity contribution is -0.127. The van der Waals surface area contributed by atoms with Gasteiger partial charge in [-0.3, -0.25) is 15.0 Å². The molecule has 3 aromatic carbocycles. The molecule has 1 aliphatic heterocycles. The zero-order chi connectivity index (χ0) is 22.8. The standard InChI is InChI=1S/C23H18Cl3N3O3/c1-13-2-4-14(5-3-13)22-27-19-8-6-15(24)10-17(19)23(31)29(22)28-21(30)12-32-20-9-7-16(25)11-18(20)26/h2-11,22,27H,12H2,1H3,(H,28,30). The number of benzene rings is 3. The van der Waals surface area contributed by atoms with E-state index in [1.54, 1.807) is 30.3 Å². The van der Waals surface area contributed by atoms with Crippen molar-refractivity contribution in [2.75, 3.05) is 11.9 Å². The van der Waals surface area contributed by atoms with Crippen LogP contribution in [0.2, 0.25) is 15.1 Å². The Morgan fingerprint density at radius 3 is 2.44 bits per heavy atom. The van der Waals surface area contributed by atoms with Crippen molar-refractivity contribution in [3.8, 4) is 5.75 Å². The number of carbonyl (C=O) groups excluding carboxylic acids is 2. The molecule has 4 rings (SSSR count). The van der Waals surface area contributed by atoms with Crippen molar-refractivity contribution in [2.24, 2.45) is 0 Å². The molecule has 0 saturated carbocycles. The van der Waals surface area contributed by atoms with Gasteiger partial charge in [0.2, 0.25) is 0 Å². The molecule has 3 aromatic rings. The fourth-order valence-electron chi connectivity index (χ4n) is 3.28. The number of rotatable bonds is 5. The van der Waals surface area contributed by atoms with Gasteiger partial charge in [0, 0.05) is 15.7 Å². The summed E-state index contributed by atoms with van der Waals surface area (Å²) in [4.78, 5) is 25.9. The van der Waals surface area contributed by atoms with Crippen LogP contribution in [0.5, 0.6) is 5.75 Å². The zero-order valence-corrected chi connectivity index (χ0v) is 19.1. The molecular formula is C23H18Cl3N3O3. The van der Waals surface area contributed by atoms with Crippen LogP contribution in [-0.4, -0.2) is 23.4 Å². The average molecular weight is 491 g/mol. The summed E-state index contributed by atoms with van der Waals surface area (Å²) < 4.78 is 5.49. The van der Waals surface area contributed by atoms with Crippen LogP contribution in [-0.2, 0) is 4.79 Å². The second-order valence-electron chi connectivity index (χ2n) is 7.22. The first-order valence-electron chi connectivity index (χ1n) is 9.65. The smallest absolute Gasteiger partial charge is 0.276 e. The van der Waals surface area contributed by atoms with E-state index in [0.717, 1.165) is 11.1 Å². The summed E-state index contributed by atoms with van der Waals surface area (Å²) in [6.07, 6.45) is -0.625. The minimum Gasteiger partial charge on any atom is -0.482 e. The molecular weight excluding hydrogens is 473 g/mol. The lowest BCUT2D eigenvalue weighted by Gasteiger charge is -2.37. The van der Waals surface area contributed by atoms with Crippen LogP contribution in [0.1, 0.15) is 27.7 Å². The Balaban J connectivity index is 1.57. The summed E-state index contributed by atoms with van der Waals surface area (Å²) >= 11 is 18.0. The molecule has 0 fully saturated rings. The van der Waals surface area contributed by atoms with Crippen molar-refractivity contribution in [2.45, 2.75) is 13.1 Å². The fourth-order valence-corrected chi connectivity index (χ4v) is 3.91. The lowest BCUT2D eigenvalue weighted by Crippen LogP contribution is -2.53. The molecule has 164 valence electrons. The number of halogens is 3.